The molecule has 0 atom stereocenters. The Balaban J connectivity index is 1.75. The summed E-state index contributed by atoms with van der Waals surface area (Å²) in [5.41, 5.74) is 2.88. The number of azo groups is 1. The van der Waals surface area contributed by atoms with E-state index in [1.54, 1.807) is 6.07 Å². The summed E-state index contributed by atoms with van der Waals surface area (Å²) in [6, 6.07) is 11.3. The molecule has 1 heterocycles. The molecule has 8 heteroatoms. The highest BCUT2D eigenvalue weighted by molar-refractivity contribution is 9.11. The minimum atomic E-state index is -0.441. The Labute approximate surface area is 160 Å². The van der Waals surface area contributed by atoms with E-state index in [9.17, 15) is 9.90 Å². The van der Waals surface area contributed by atoms with E-state index in [1.807, 2.05) is 37.3 Å². The van der Waals surface area contributed by atoms with Crippen molar-refractivity contribution in [2.45, 2.75) is 6.92 Å². The summed E-state index contributed by atoms with van der Waals surface area (Å²) < 4.78 is 1.58. The Morgan fingerprint density at radius 3 is 2.68 bits per heavy atom. The fourth-order valence-electron chi connectivity index (χ4n) is 2.28. The summed E-state index contributed by atoms with van der Waals surface area (Å²) >= 11 is 6.80. The minimum absolute atomic E-state index is 0.0169. The van der Waals surface area contributed by atoms with Crippen molar-refractivity contribution in [3.8, 4) is 5.88 Å². The van der Waals surface area contributed by atoms with Crippen LogP contribution in [0.3, 0.4) is 0 Å². The Kier molecular flexibility index (Phi) is 5.19. The molecule has 1 aromatic heterocycles. The van der Waals surface area contributed by atoms with E-state index in [4.69, 9.17) is 0 Å². The van der Waals surface area contributed by atoms with Crippen LogP contribution in [0.2, 0.25) is 0 Å². The first-order valence-corrected chi connectivity index (χ1v) is 8.97. The van der Waals surface area contributed by atoms with Gasteiger partial charge in [-0.3, -0.25) is 4.79 Å². The van der Waals surface area contributed by atoms with Crippen LogP contribution >= 0.6 is 31.9 Å². The summed E-state index contributed by atoms with van der Waals surface area (Å²) in [6.45, 7) is 2.01. The van der Waals surface area contributed by atoms with Crippen molar-refractivity contribution in [3.63, 3.8) is 0 Å². The number of nitrogens with zero attached hydrogens (tertiary/aromatic N) is 2. The molecular formula is C17H14Br2N4O2. The highest BCUT2D eigenvalue weighted by Gasteiger charge is 2.14. The number of aromatic nitrogens is 1. The molecule has 0 saturated heterocycles. The quantitative estimate of drug-likeness (QED) is 0.448. The second-order valence-electron chi connectivity index (χ2n) is 5.45. The van der Waals surface area contributed by atoms with Gasteiger partial charge >= 0.3 is 0 Å². The molecule has 25 heavy (non-hydrogen) atoms. The fraction of sp³-hybridized carbons (Fsp3) is 0.118. The molecule has 0 radical (unpaired) electrons. The van der Waals surface area contributed by atoms with Crippen LogP contribution in [0.15, 0.2) is 55.6 Å². The monoisotopic (exact) mass is 464 g/mol. The Bertz CT molecular complexity index is 965. The highest BCUT2D eigenvalue weighted by atomic mass is 79.9. The number of amides is 1. The van der Waals surface area contributed by atoms with Crippen LogP contribution in [0.4, 0.5) is 11.4 Å². The molecule has 3 aromatic rings. The summed E-state index contributed by atoms with van der Waals surface area (Å²) in [5, 5.41) is 21.3. The van der Waals surface area contributed by atoms with Gasteiger partial charge < -0.3 is 15.4 Å². The van der Waals surface area contributed by atoms with E-state index in [2.05, 4.69) is 52.4 Å². The van der Waals surface area contributed by atoms with Crippen LogP contribution in [0.25, 0.3) is 10.9 Å². The molecule has 1 amide bonds. The summed E-state index contributed by atoms with van der Waals surface area (Å²) in [4.78, 5) is 14.7. The number of carbonyl (C=O) groups is 1. The number of aromatic amines is 1. The summed E-state index contributed by atoms with van der Waals surface area (Å²) in [7, 11) is 0. The number of halogens is 2. The number of nitrogens with one attached hydrogen (secondary N) is 2. The number of aromatic hydroxyl groups is 1. The molecule has 0 aliphatic rings. The third-order valence-corrected chi connectivity index (χ3v) is 4.62. The van der Waals surface area contributed by atoms with Gasteiger partial charge in [-0.15, -0.1) is 10.2 Å². The van der Waals surface area contributed by atoms with Crippen molar-refractivity contribution in [1.82, 2.24) is 4.98 Å². The van der Waals surface area contributed by atoms with Crippen molar-refractivity contribution >= 4 is 60.0 Å². The maximum atomic E-state index is 11.9. The van der Waals surface area contributed by atoms with Gasteiger partial charge in [0.25, 0.3) is 5.91 Å². The molecule has 3 rings (SSSR count). The molecule has 0 saturated carbocycles. The van der Waals surface area contributed by atoms with Crippen LogP contribution in [0.1, 0.15) is 5.56 Å². The van der Waals surface area contributed by atoms with Gasteiger partial charge in [-0.2, -0.15) is 0 Å². The van der Waals surface area contributed by atoms with Gasteiger partial charge in [0.2, 0.25) is 5.88 Å². The lowest BCUT2D eigenvalue weighted by molar-refractivity contribution is -0.116. The average Bonchev–Trinajstić information content (AvgIpc) is 2.88. The van der Waals surface area contributed by atoms with Gasteiger partial charge in [0, 0.05) is 20.0 Å². The standard InChI is InChI=1S/C17H14Br2N4O2/c1-9-2-4-11(5-3-9)20-8-14(24)22-23-16-12-6-10(18)7-13(19)15(12)21-17(16)25/h2-7,20-21,25H,8H2,1H3. The SMILES string of the molecule is Cc1ccc(NCC(=O)N=Nc2c(O)[nH]c3c(Br)cc(Br)cc23)cc1. The molecule has 0 fully saturated rings. The zero-order valence-corrected chi connectivity index (χ0v) is 16.3. The zero-order chi connectivity index (χ0) is 18.0. The number of hydrogen-bond acceptors (Lipinski definition) is 4. The molecule has 0 unspecified atom stereocenters. The fourth-order valence-corrected chi connectivity index (χ4v) is 3.61. The van der Waals surface area contributed by atoms with Gasteiger partial charge in [0.15, 0.2) is 5.69 Å². The number of carbonyl (C=O) groups excluding carboxylic acids is 1. The summed E-state index contributed by atoms with van der Waals surface area (Å²) in [5.74, 6) is -0.583. The zero-order valence-electron chi connectivity index (χ0n) is 13.2. The molecule has 2 aromatic carbocycles. The number of aryl methyl sites for hydroxylation is 1. The summed E-state index contributed by atoms with van der Waals surface area (Å²) in [6.07, 6.45) is 0. The van der Waals surface area contributed by atoms with Gasteiger partial charge in [0.1, 0.15) is 0 Å². The second-order valence-corrected chi connectivity index (χ2v) is 7.22. The lowest BCUT2D eigenvalue weighted by Gasteiger charge is -2.03. The number of fused-ring (bicyclic) bond motifs is 1. The second kappa shape index (κ2) is 7.37. The van der Waals surface area contributed by atoms with Crippen molar-refractivity contribution in [3.05, 3.63) is 50.9 Å². The maximum Gasteiger partial charge on any atom is 0.283 e. The first kappa shape index (κ1) is 17.6. The number of H-pyrrole nitrogens is 1. The van der Waals surface area contributed by atoms with Gasteiger partial charge in [-0.05, 0) is 47.1 Å². The number of rotatable bonds is 4. The topological polar surface area (TPSA) is 89.8 Å². The largest absolute Gasteiger partial charge is 0.493 e. The van der Waals surface area contributed by atoms with E-state index in [0.29, 0.717) is 10.9 Å². The molecule has 0 aliphatic carbocycles. The lowest BCUT2D eigenvalue weighted by atomic mass is 10.2. The van der Waals surface area contributed by atoms with Crippen LogP contribution in [0, 0.1) is 6.92 Å². The van der Waals surface area contributed by atoms with E-state index in [1.165, 1.54) is 0 Å². The molecule has 3 N–H and O–H groups in total. The molecular weight excluding hydrogens is 452 g/mol. The van der Waals surface area contributed by atoms with Crippen LogP contribution in [0.5, 0.6) is 5.88 Å². The van der Waals surface area contributed by atoms with Gasteiger partial charge in [-0.25, -0.2) is 0 Å². The Morgan fingerprint density at radius 1 is 1.24 bits per heavy atom. The molecule has 0 aliphatic heterocycles. The minimum Gasteiger partial charge on any atom is -0.493 e. The average molecular weight is 466 g/mol. The van der Waals surface area contributed by atoms with E-state index < -0.39 is 5.91 Å². The van der Waals surface area contributed by atoms with Crippen molar-refractivity contribution in [2.24, 2.45) is 10.2 Å². The predicted octanol–water partition coefficient (Wildman–Crippen LogP) is 5.43. The highest BCUT2D eigenvalue weighted by Crippen LogP contribution is 2.40. The van der Waals surface area contributed by atoms with Gasteiger partial charge in [-0.1, -0.05) is 33.6 Å². The van der Waals surface area contributed by atoms with Crippen LogP contribution in [-0.4, -0.2) is 22.5 Å². The Hall–Kier alpha value is -2.19. The van der Waals surface area contributed by atoms with Crippen LogP contribution < -0.4 is 5.32 Å². The normalized spacial score (nSPS) is 11.3. The van der Waals surface area contributed by atoms with Crippen molar-refractivity contribution < 1.29 is 9.90 Å². The number of hydrogen-bond donors (Lipinski definition) is 3. The Morgan fingerprint density at radius 2 is 1.96 bits per heavy atom. The van der Waals surface area contributed by atoms with Crippen LogP contribution in [-0.2, 0) is 4.79 Å². The number of anilines is 1. The first-order valence-electron chi connectivity index (χ1n) is 7.39. The molecule has 128 valence electrons. The van der Waals surface area contributed by atoms with Crippen molar-refractivity contribution in [2.75, 3.05) is 11.9 Å². The third-order valence-electron chi connectivity index (χ3n) is 3.53. The van der Waals surface area contributed by atoms with E-state index >= 15 is 0 Å². The van der Waals surface area contributed by atoms with E-state index in [0.717, 1.165) is 20.2 Å². The smallest absolute Gasteiger partial charge is 0.283 e. The first-order chi connectivity index (χ1) is 11.9. The molecule has 0 spiro atoms. The lowest BCUT2D eigenvalue weighted by Crippen LogP contribution is -2.10. The van der Waals surface area contributed by atoms with Gasteiger partial charge in [0.05, 0.1) is 12.1 Å². The molecule has 6 nitrogen and oxygen atoms in total. The maximum absolute atomic E-state index is 11.9. The third kappa shape index (κ3) is 4.08. The molecule has 0 bridgehead atoms. The van der Waals surface area contributed by atoms with E-state index in [-0.39, 0.29) is 18.1 Å². The van der Waals surface area contributed by atoms with Crippen molar-refractivity contribution in [1.29, 1.82) is 0 Å². The number of benzene rings is 2. The predicted molar refractivity (Wildman–Crippen MR) is 105 cm³/mol.